The zero-order valence-electron chi connectivity index (χ0n) is 11.9. The molecule has 2 aliphatic rings. The van der Waals surface area contributed by atoms with Gasteiger partial charge in [-0.3, -0.25) is 14.6 Å². The highest BCUT2D eigenvalue weighted by molar-refractivity contribution is 5.75. The van der Waals surface area contributed by atoms with E-state index in [9.17, 15) is 4.79 Å². The van der Waals surface area contributed by atoms with Gasteiger partial charge in [-0.2, -0.15) is 0 Å². The quantitative estimate of drug-likeness (QED) is 0.658. The van der Waals surface area contributed by atoms with Gasteiger partial charge in [-0.15, -0.1) is 0 Å². The number of morpholine rings is 1. The lowest BCUT2D eigenvalue weighted by Crippen LogP contribution is -2.47. The van der Waals surface area contributed by atoms with Crippen molar-refractivity contribution < 1.29 is 14.3 Å². The van der Waals surface area contributed by atoms with Crippen LogP contribution < -0.4 is 5.32 Å². The van der Waals surface area contributed by atoms with Gasteiger partial charge in [0.15, 0.2) is 0 Å². The summed E-state index contributed by atoms with van der Waals surface area (Å²) >= 11 is 0. The van der Waals surface area contributed by atoms with Crippen LogP contribution in [0.15, 0.2) is 0 Å². The Balaban J connectivity index is 1.79. The molecule has 2 heterocycles. The summed E-state index contributed by atoms with van der Waals surface area (Å²) in [5.41, 5.74) is 0. The lowest BCUT2D eigenvalue weighted by molar-refractivity contribution is -0.143. The van der Waals surface area contributed by atoms with Gasteiger partial charge in [0.25, 0.3) is 0 Å². The van der Waals surface area contributed by atoms with E-state index < -0.39 is 0 Å². The number of carbonyl (C=O) groups excluding carboxylic acids is 1. The highest BCUT2D eigenvalue weighted by Gasteiger charge is 2.31. The highest BCUT2D eigenvalue weighted by Crippen LogP contribution is 2.17. The molecule has 2 unspecified atom stereocenters. The molecule has 2 atom stereocenters. The molecule has 2 saturated heterocycles. The minimum Gasteiger partial charge on any atom is -0.468 e. The van der Waals surface area contributed by atoms with Crippen molar-refractivity contribution in [2.24, 2.45) is 0 Å². The summed E-state index contributed by atoms with van der Waals surface area (Å²) in [7, 11) is 3.24. The maximum Gasteiger partial charge on any atom is 0.324 e. The highest BCUT2D eigenvalue weighted by atomic mass is 16.5. The molecule has 2 aliphatic heterocycles. The number of likely N-dealkylation sites (tertiary alicyclic amines) is 1. The van der Waals surface area contributed by atoms with Crippen LogP contribution in [0.4, 0.5) is 0 Å². The van der Waals surface area contributed by atoms with Crippen LogP contribution in [-0.2, 0) is 14.3 Å². The van der Waals surface area contributed by atoms with Crippen molar-refractivity contribution >= 4 is 5.97 Å². The lowest BCUT2D eigenvalue weighted by atomic mass is 10.2. The van der Waals surface area contributed by atoms with Crippen molar-refractivity contribution in [3.05, 3.63) is 0 Å². The van der Waals surface area contributed by atoms with Crippen molar-refractivity contribution in [3.8, 4) is 0 Å². The number of esters is 1. The summed E-state index contributed by atoms with van der Waals surface area (Å²) in [5, 5.41) is 3.02. The van der Waals surface area contributed by atoms with Gasteiger partial charge in [0.05, 0.1) is 20.3 Å². The zero-order chi connectivity index (χ0) is 13.7. The molecule has 0 aromatic rings. The van der Waals surface area contributed by atoms with E-state index in [1.165, 1.54) is 13.5 Å². The maximum atomic E-state index is 11.6. The van der Waals surface area contributed by atoms with Crippen LogP contribution in [-0.4, -0.2) is 87.9 Å². The normalized spacial score (nSPS) is 27.4. The largest absolute Gasteiger partial charge is 0.468 e. The van der Waals surface area contributed by atoms with E-state index in [0.29, 0.717) is 6.04 Å². The first-order chi connectivity index (χ1) is 9.24. The third-order valence-corrected chi connectivity index (χ3v) is 4.08. The number of hydrogen-bond acceptors (Lipinski definition) is 6. The Bertz CT molecular complexity index is 295. The van der Waals surface area contributed by atoms with E-state index >= 15 is 0 Å². The average molecular weight is 271 g/mol. The van der Waals surface area contributed by atoms with Crippen molar-refractivity contribution in [1.29, 1.82) is 0 Å². The van der Waals surface area contributed by atoms with E-state index in [-0.39, 0.29) is 12.0 Å². The first kappa shape index (κ1) is 14.7. The summed E-state index contributed by atoms with van der Waals surface area (Å²) in [5.74, 6) is -0.183. The fourth-order valence-corrected chi connectivity index (χ4v) is 2.90. The third kappa shape index (κ3) is 3.89. The summed E-state index contributed by atoms with van der Waals surface area (Å²) in [4.78, 5) is 16.4. The lowest BCUT2D eigenvalue weighted by Gasteiger charge is -2.32. The molecule has 6 nitrogen and oxygen atoms in total. The number of ether oxygens (including phenoxy) is 2. The van der Waals surface area contributed by atoms with E-state index in [1.807, 2.05) is 0 Å². The number of nitrogens with one attached hydrogen (secondary N) is 1. The molecule has 0 aromatic heterocycles. The Morgan fingerprint density at radius 3 is 2.79 bits per heavy atom. The molecule has 2 rings (SSSR count). The van der Waals surface area contributed by atoms with Crippen molar-refractivity contribution in [2.75, 3.05) is 60.1 Å². The van der Waals surface area contributed by atoms with Crippen molar-refractivity contribution in [1.82, 2.24) is 15.1 Å². The molecule has 110 valence electrons. The molecule has 0 amide bonds. The number of methoxy groups -OCH3 is 1. The van der Waals surface area contributed by atoms with E-state index in [2.05, 4.69) is 15.1 Å². The molecule has 6 heteroatoms. The van der Waals surface area contributed by atoms with Gasteiger partial charge in [-0.1, -0.05) is 0 Å². The number of carbonyl (C=O) groups is 1. The summed E-state index contributed by atoms with van der Waals surface area (Å²) in [6.07, 6.45) is 1.18. The Morgan fingerprint density at radius 1 is 1.42 bits per heavy atom. The topological polar surface area (TPSA) is 54.0 Å². The Morgan fingerprint density at radius 2 is 2.16 bits per heavy atom. The second kappa shape index (κ2) is 7.19. The van der Waals surface area contributed by atoms with Crippen LogP contribution in [0.25, 0.3) is 0 Å². The maximum absolute atomic E-state index is 11.6. The first-order valence-corrected chi connectivity index (χ1v) is 7.04. The van der Waals surface area contributed by atoms with Crippen LogP contribution in [0.5, 0.6) is 0 Å². The van der Waals surface area contributed by atoms with Gasteiger partial charge in [-0.05, 0) is 20.0 Å². The van der Waals surface area contributed by atoms with Gasteiger partial charge in [0.2, 0.25) is 0 Å². The molecule has 0 spiro atoms. The molecule has 0 saturated carbocycles. The van der Waals surface area contributed by atoms with Gasteiger partial charge < -0.3 is 14.8 Å². The zero-order valence-corrected chi connectivity index (χ0v) is 11.9. The number of hydrogen-bond donors (Lipinski definition) is 1. The minimum absolute atomic E-state index is 0.183. The van der Waals surface area contributed by atoms with E-state index in [0.717, 1.165) is 45.9 Å². The summed E-state index contributed by atoms with van der Waals surface area (Å²) < 4.78 is 10.2. The SMILES string of the molecule is CNC(CN1CCC(N2CCOCC2)C1)C(=O)OC. The molecule has 0 aliphatic carbocycles. The summed E-state index contributed by atoms with van der Waals surface area (Å²) in [6, 6.07) is 0.382. The predicted molar refractivity (Wildman–Crippen MR) is 72.1 cm³/mol. The smallest absolute Gasteiger partial charge is 0.324 e. The number of rotatable bonds is 5. The van der Waals surface area contributed by atoms with E-state index in [1.54, 1.807) is 7.05 Å². The van der Waals surface area contributed by atoms with Gasteiger partial charge in [-0.25, -0.2) is 0 Å². The monoisotopic (exact) mass is 271 g/mol. The molecule has 2 fully saturated rings. The fourth-order valence-electron chi connectivity index (χ4n) is 2.90. The van der Waals surface area contributed by atoms with E-state index in [4.69, 9.17) is 9.47 Å². The molecule has 19 heavy (non-hydrogen) atoms. The van der Waals surface area contributed by atoms with Crippen molar-refractivity contribution in [2.45, 2.75) is 18.5 Å². The van der Waals surface area contributed by atoms with Crippen LogP contribution in [0, 0.1) is 0 Å². The number of nitrogens with zero attached hydrogens (tertiary/aromatic N) is 2. The van der Waals surface area contributed by atoms with Crippen LogP contribution in [0.3, 0.4) is 0 Å². The molecule has 0 aromatic carbocycles. The molecule has 0 bridgehead atoms. The Labute approximate surface area is 115 Å². The second-order valence-corrected chi connectivity index (χ2v) is 5.21. The van der Waals surface area contributed by atoms with Crippen LogP contribution in [0.1, 0.15) is 6.42 Å². The Kier molecular flexibility index (Phi) is 5.57. The Hall–Kier alpha value is -0.690. The van der Waals surface area contributed by atoms with Crippen molar-refractivity contribution in [3.63, 3.8) is 0 Å². The van der Waals surface area contributed by atoms with Crippen LogP contribution in [0.2, 0.25) is 0 Å². The third-order valence-electron chi connectivity index (χ3n) is 4.08. The average Bonchev–Trinajstić information content (AvgIpc) is 2.93. The number of likely N-dealkylation sites (N-methyl/N-ethyl adjacent to an activating group) is 1. The van der Waals surface area contributed by atoms with Crippen LogP contribution >= 0.6 is 0 Å². The molecule has 0 radical (unpaired) electrons. The van der Waals surface area contributed by atoms with Gasteiger partial charge in [0, 0.05) is 32.2 Å². The standard InChI is InChI=1S/C13H25N3O3/c1-14-12(13(17)18-2)10-15-4-3-11(9-15)16-5-7-19-8-6-16/h11-12,14H,3-10H2,1-2H3. The minimum atomic E-state index is -0.228. The predicted octanol–water partition coefficient (Wildman–Crippen LogP) is -0.846. The molecular formula is C13H25N3O3. The van der Waals surface area contributed by atoms with Gasteiger partial charge >= 0.3 is 5.97 Å². The molecular weight excluding hydrogens is 246 g/mol. The first-order valence-electron chi connectivity index (χ1n) is 7.04. The fraction of sp³-hybridized carbons (Fsp3) is 0.923. The molecule has 1 N–H and O–H groups in total. The van der Waals surface area contributed by atoms with Gasteiger partial charge in [0.1, 0.15) is 6.04 Å². The summed E-state index contributed by atoms with van der Waals surface area (Å²) in [6.45, 7) is 6.57. The second-order valence-electron chi connectivity index (χ2n) is 5.21.